The number of nitrogens with one attached hydrogen (secondary N) is 1. The van der Waals surface area contributed by atoms with E-state index in [0.29, 0.717) is 18.4 Å². The number of amides is 1. The summed E-state index contributed by atoms with van der Waals surface area (Å²) >= 11 is 0. The standard InChI is InChI=1S/C34H51N5O2/c1-26(2)16-22-38(23-17-27(3)4)33(40)29-12-15-31-32(24-29)39(21-9-20-37-18-7-6-8-19-37)34(36-31)35-25-28-10-13-30(41-5)14-11-28/h10-15,24,26-27H,6-9,16-23,25H2,1-5H3,(H,35,36). The largest absolute Gasteiger partial charge is 0.497 e. The Hall–Kier alpha value is -3.06. The van der Waals surface area contributed by atoms with Crippen LogP contribution in [0.5, 0.6) is 5.75 Å². The molecule has 1 amide bonds. The molecule has 0 radical (unpaired) electrons. The van der Waals surface area contributed by atoms with Crippen LogP contribution < -0.4 is 10.1 Å². The van der Waals surface area contributed by atoms with Gasteiger partial charge in [-0.15, -0.1) is 0 Å². The van der Waals surface area contributed by atoms with Crippen molar-refractivity contribution in [2.45, 2.75) is 79.3 Å². The second-order valence-electron chi connectivity index (χ2n) is 12.4. The molecular formula is C34H51N5O2. The van der Waals surface area contributed by atoms with Crippen LogP contribution in [0.4, 0.5) is 5.95 Å². The first-order chi connectivity index (χ1) is 19.8. The summed E-state index contributed by atoms with van der Waals surface area (Å²) in [5.74, 6) is 2.96. The van der Waals surface area contributed by atoms with Crippen molar-refractivity contribution in [3.05, 3.63) is 53.6 Å². The van der Waals surface area contributed by atoms with Crippen LogP contribution in [0.25, 0.3) is 11.0 Å². The number of hydrogen-bond donors (Lipinski definition) is 1. The molecule has 0 spiro atoms. The molecule has 0 aliphatic carbocycles. The number of benzene rings is 2. The van der Waals surface area contributed by atoms with Crippen LogP contribution in [-0.4, -0.2) is 65.1 Å². The van der Waals surface area contributed by atoms with E-state index in [-0.39, 0.29) is 5.91 Å². The molecule has 1 fully saturated rings. The smallest absolute Gasteiger partial charge is 0.253 e. The minimum atomic E-state index is 0.127. The highest BCUT2D eigenvalue weighted by Gasteiger charge is 2.20. The van der Waals surface area contributed by atoms with Crippen LogP contribution in [0.3, 0.4) is 0 Å². The average molecular weight is 562 g/mol. The number of hydrogen-bond acceptors (Lipinski definition) is 5. The maximum atomic E-state index is 13.8. The van der Waals surface area contributed by atoms with Crippen molar-refractivity contribution in [3.8, 4) is 5.75 Å². The van der Waals surface area contributed by atoms with Crippen molar-refractivity contribution < 1.29 is 9.53 Å². The maximum Gasteiger partial charge on any atom is 0.253 e. The summed E-state index contributed by atoms with van der Waals surface area (Å²) in [7, 11) is 1.69. The number of aryl methyl sites for hydroxylation is 1. The van der Waals surface area contributed by atoms with E-state index in [1.165, 1.54) is 37.9 Å². The van der Waals surface area contributed by atoms with Gasteiger partial charge in [0.15, 0.2) is 0 Å². The first kappa shape index (κ1) is 30.9. The number of nitrogens with zero attached hydrogens (tertiary/aromatic N) is 4. The van der Waals surface area contributed by atoms with Gasteiger partial charge < -0.3 is 24.4 Å². The van der Waals surface area contributed by atoms with Gasteiger partial charge in [0, 0.05) is 31.7 Å². The van der Waals surface area contributed by atoms with E-state index in [2.05, 4.69) is 65.6 Å². The monoisotopic (exact) mass is 561 g/mol. The third-order valence-corrected chi connectivity index (χ3v) is 8.15. The topological polar surface area (TPSA) is 62.6 Å². The molecule has 7 nitrogen and oxygen atoms in total. The van der Waals surface area contributed by atoms with Crippen LogP contribution in [0, 0.1) is 11.8 Å². The van der Waals surface area contributed by atoms with Crippen LogP contribution in [0.2, 0.25) is 0 Å². The average Bonchev–Trinajstić information content (AvgIpc) is 3.33. The van der Waals surface area contributed by atoms with Crippen molar-refractivity contribution in [1.82, 2.24) is 19.4 Å². The molecule has 41 heavy (non-hydrogen) atoms. The number of imidazole rings is 1. The molecule has 2 heterocycles. The van der Waals surface area contributed by atoms with E-state index in [4.69, 9.17) is 9.72 Å². The lowest BCUT2D eigenvalue weighted by Gasteiger charge is -2.26. The number of methoxy groups -OCH3 is 1. The molecule has 0 unspecified atom stereocenters. The molecule has 1 aliphatic heterocycles. The molecule has 1 saturated heterocycles. The van der Waals surface area contributed by atoms with Crippen molar-refractivity contribution in [1.29, 1.82) is 0 Å². The van der Waals surface area contributed by atoms with Gasteiger partial charge in [-0.2, -0.15) is 0 Å². The fourth-order valence-electron chi connectivity index (χ4n) is 5.50. The molecule has 0 saturated carbocycles. The minimum absolute atomic E-state index is 0.127. The van der Waals surface area contributed by atoms with Gasteiger partial charge in [-0.1, -0.05) is 46.2 Å². The predicted molar refractivity (Wildman–Crippen MR) is 170 cm³/mol. The molecule has 7 heteroatoms. The zero-order valence-corrected chi connectivity index (χ0v) is 26.0. The molecule has 4 rings (SSSR count). The first-order valence-electron chi connectivity index (χ1n) is 15.7. The number of carbonyl (C=O) groups is 1. The number of anilines is 1. The van der Waals surface area contributed by atoms with Gasteiger partial charge >= 0.3 is 0 Å². The maximum absolute atomic E-state index is 13.8. The van der Waals surface area contributed by atoms with Crippen LogP contribution in [-0.2, 0) is 13.1 Å². The minimum Gasteiger partial charge on any atom is -0.497 e. The second kappa shape index (κ2) is 15.2. The number of rotatable bonds is 15. The fourth-order valence-corrected chi connectivity index (χ4v) is 5.50. The van der Waals surface area contributed by atoms with E-state index < -0.39 is 0 Å². The Bertz CT molecular complexity index is 1220. The number of piperidine rings is 1. The summed E-state index contributed by atoms with van der Waals surface area (Å²) in [5.41, 5.74) is 3.87. The van der Waals surface area contributed by atoms with Crippen LogP contribution >= 0.6 is 0 Å². The van der Waals surface area contributed by atoms with Gasteiger partial charge in [-0.05, 0) is 99.5 Å². The van der Waals surface area contributed by atoms with Gasteiger partial charge in [0.1, 0.15) is 5.75 Å². The lowest BCUT2D eigenvalue weighted by atomic mass is 10.1. The van der Waals surface area contributed by atoms with Crippen molar-refractivity contribution in [3.63, 3.8) is 0 Å². The Morgan fingerprint density at radius 1 is 0.951 bits per heavy atom. The number of likely N-dealkylation sites (tertiary alicyclic amines) is 1. The molecule has 1 aromatic heterocycles. The summed E-state index contributed by atoms with van der Waals surface area (Å²) in [6.07, 6.45) is 7.04. The summed E-state index contributed by atoms with van der Waals surface area (Å²) in [6, 6.07) is 14.2. The number of fused-ring (bicyclic) bond motifs is 1. The Labute approximate surface area is 247 Å². The normalized spacial score (nSPS) is 14.2. The molecule has 224 valence electrons. The lowest BCUT2D eigenvalue weighted by molar-refractivity contribution is 0.0741. The fraction of sp³-hybridized carbons (Fsp3) is 0.588. The molecule has 0 bridgehead atoms. The summed E-state index contributed by atoms with van der Waals surface area (Å²) < 4.78 is 7.60. The number of aromatic nitrogens is 2. The summed E-state index contributed by atoms with van der Waals surface area (Å²) in [4.78, 5) is 23.4. The molecule has 0 atom stereocenters. The highest BCUT2D eigenvalue weighted by Crippen LogP contribution is 2.24. The zero-order chi connectivity index (χ0) is 29.2. The van der Waals surface area contributed by atoms with E-state index >= 15 is 0 Å². The third-order valence-electron chi connectivity index (χ3n) is 8.15. The SMILES string of the molecule is COc1ccc(CNc2nc3ccc(C(=O)N(CCC(C)C)CCC(C)C)cc3n2CCCN2CCCCC2)cc1. The highest BCUT2D eigenvalue weighted by molar-refractivity contribution is 5.97. The third kappa shape index (κ3) is 8.96. The Kier molecular flexibility index (Phi) is 11.5. The van der Waals surface area contributed by atoms with Gasteiger partial charge in [0.2, 0.25) is 5.95 Å². The number of carbonyl (C=O) groups excluding carboxylic acids is 1. The van der Waals surface area contributed by atoms with E-state index in [1.807, 2.05) is 24.3 Å². The van der Waals surface area contributed by atoms with Gasteiger partial charge in [0.25, 0.3) is 5.91 Å². The number of ether oxygens (including phenoxy) is 1. The Morgan fingerprint density at radius 2 is 1.63 bits per heavy atom. The van der Waals surface area contributed by atoms with Gasteiger partial charge in [-0.3, -0.25) is 4.79 Å². The Balaban J connectivity index is 1.57. The molecule has 1 aliphatic rings. The van der Waals surface area contributed by atoms with Crippen LogP contribution in [0.1, 0.15) is 82.1 Å². The summed E-state index contributed by atoms with van der Waals surface area (Å²) in [5, 5.41) is 3.58. The zero-order valence-electron chi connectivity index (χ0n) is 26.0. The van der Waals surface area contributed by atoms with E-state index in [1.54, 1.807) is 7.11 Å². The summed E-state index contributed by atoms with van der Waals surface area (Å²) in [6.45, 7) is 15.5. The molecule has 3 aromatic rings. The molecular weight excluding hydrogens is 510 g/mol. The van der Waals surface area contributed by atoms with Crippen molar-refractivity contribution in [2.24, 2.45) is 11.8 Å². The van der Waals surface area contributed by atoms with E-state index in [0.717, 1.165) is 73.7 Å². The van der Waals surface area contributed by atoms with Crippen molar-refractivity contribution >= 4 is 22.9 Å². The Morgan fingerprint density at radius 3 is 2.27 bits per heavy atom. The molecule has 2 aromatic carbocycles. The van der Waals surface area contributed by atoms with Crippen LogP contribution in [0.15, 0.2) is 42.5 Å². The lowest BCUT2D eigenvalue weighted by Crippen LogP contribution is -2.34. The molecule has 1 N–H and O–H groups in total. The van der Waals surface area contributed by atoms with Crippen molar-refractivity contribution in [2.75, 3.05) is 45.2 Å². The first-order valence-corrected chi connectivity index (χ1v) is 15.7. The highest BCUT2D eigenvalue weighted by atomic mass is 16.5. The quantitative estimate of drug-likeness (QED) is 0.215. The second-order valence-corrected chi connectivity index (χ2v) is 12.4. The van der Waals surface area contributed by atoms with Gasteiger partial charge in [0.05, 0.1) is 18.1 Å². The predicted octanol–water partition coefficient (Wildman–Crippen LogP) is 7.07. The van der Waals surface area contributed by atoms with Gasteiger partial charge in [-0.25, -0.2) is 4.98 Å². The van der Waals surface area contributed by atoms with E-state index in [9.17, 15) is 4.79 Å².